The largest absolute Gasteiger partial charge is 0.457 e. The Labute approximate surface area is 381 Å². The van der Waals surface area contributed by atoms with Crippen molar-refractivity contribution in [2.24, 2.45) is 0 Å². The standard InChI is InChI=1S/C50H84O12S/c1-3-5-7-9-11-13-15-17-18-19-20-21-22-23-24-25-26-27-28-30-32-34-36-38-40-58-42-44(60-46(52)39-37-35-33-31-29-16-14-12-10-8-6-4-2)43-59-50-48(54)49(62-63(55,56)57)47(53)45(41-51)61-50/h5,7,11-14,17-18,20-21,23-24,26-27,44-45,47-51,53-54H,3-4,6,8-10,15-16,19,22,25,28-43H2,1-2H3,(H,55,56,57)/b7-5-,13-11-,14-12-,18-17-,21-20-,24-23-,27-26-. The van der Waals surface area contributed by atoms with Gasteiger partial charge in [-0.25, -0.2) is 4.18 Å². The van der Waals surface area contributed by atoms with E-state index in [1.165, 1.54) is 19.3 Å². The second-order valence-corrected chi connectivity index (χ2v) is 17.0. The zero-order valence-electron chi connectivity index (χ0n) is 38.6. The first-order chi connectivity index (χ1) is 30.6. The number of unbranched alkanes of at least 4 members (excludes halogenated alkanes) is 13. The highest BCUT2D eigenvalue weighted by Crippen LogP contribution is 2.26. The first-order valence-corrected chi connectivity index (χ1v) is 25.2. The lowest BCUT2D eigenvalue weighted by atomic mass is 9.99. The van der Waals surface area contributed by atoms with Crippen molar-refractivity contribution in [1.82, 2.24) is 0 Å². The van der Waals surface area contributed by atoms with Crippen molar-refractivity contribution in [2.45, 2.75) is 198 Å². The van der Waals surface area contributed by atoms with Crippen LogP contribution in [0.15, 0.2) is 85.1 Å². The minimum absolute atomic E-state index is 0.0141. The number of rotatable bonds is 40. The van der Waals surface area contributed by atoms with Gasteiger partial charge in [0, 0.05) is 13.0 Å². The normalized spacial score (nSPS) is 20.6. The second kappa shape index (κ2) is 40.8. The Morgan fingerprint density at radius 2 is 1.10 bits per heavy atom. The molecule has 6 unspecified atom stereocenters. The minimum atomic E-state index is -5.07. The molecule has 0 saturated carbocycles. The van der Waals surface area contributed by atoms with Crippen LogP contribution in [0.3, 0.4) is 0 Å². The molecule has 0 aromatic carbocycles. The highest BCUT2D eigenvalue weighted by atomic mass is 32.3. The molecule has 0 aliphatic carbocycles. The van der Waals surface area contributed by atoms with Gasteiger partial charge in [-0.05, 0) is 89.9 Å². The van der Waals surface area contributed by atoms with Gasteiger partial charge in [0.1, 0.15) is 30.5 Å². The number of carbonyl (C=O) groups excluding carboxylic acids is 1. The Morgan fingerprint density at radius 3 is 1.62 bits per heavy atom. The van der Waals surface area contributed by atoms with Crippen molar-refractivity contribution in [1.29, 1.82) is 0 Å². The summed E-state index contributed by atoms with van der Waals surface area (Å²) < 4.78 is 59.0. The molecule has 0 aromatic heterocycles. The highest BCUT2D eigenvalue weighted by Gasteiger charge is 2.48. The van der Waals surface area contributed by atoms with Crippen LogP contribution in [0.1, 0.15) is 162 Å². The first kappa shape index (κ1) is 58.3. The SMILES string of the molecule is CC/C=C\C/C=C\C/C=C\C/C=C\C/C=C\C/C=C\CCCCCCCOCC(COC1OC(CO)C(O)C(OS(=O)(=O)O)C1O)OC(=O)CCCCCCC/C=C\CCCCC. The third-order valence-electron chi connectivity index (χ3n) is 10.3. The van der Waals surface area contributed by atoms with Gasteiger partial charge in [0.15, 0.2) is 6.29 Å². The first-order valence-electron chi connectivity index (χ1n) is 23.8. The molecule has 0 aromatic rings. The predicted octanol–water partition coefficient (Wildman–Crippen LogP) is 10.5. The number of esters is 1. The molecule has 12 nitrogen and oxygen atoms in total. The van der Waals surface area contributed by atoms with E-state index in [9.17, 15) is 28.5 Å². The Balaban J connectivity index is 2.39. The molecular formula is C50H84O12S. The van der Waals surface area contributed by atoms with E-state index in [4.69, 9.17) is 23.5 Å². The maximum absolute atomic E-state index is 12.8. The van der Waals surface area contributed by atoms with Gasteiger partial charge < -0.3 is 34.3 Å². The van der Waals surface area contributed by atoms with Crippen LogP contribution in [-0.2, 0) is 38.3 Å². The Hall–Kier alpha value is -2.72. The van der Waals surface area contributed by atoms with Gasteiger partial charge >= 0.3 is 16.4 Å². The van der Waals surface area contributed by atoms with Crippen LogP contribution >= 0.6 is 0 Å². The molecule has 1 saturated heterocycles. The molecule has 1 fully saturated rings. The Kier molecular flexibility index (Phi) is 37.7. The van der Waals surface area contributed by atoms with Crippen molar-refractivity contribution in [3.63, 3.8) is 0 Å². The van der Waals surface area contributed by atoms with Crippen LogP contribution in [0.4, 0.5) is 0 Å². The fourth-order valence-corrected chi connectivity index (χ4v) is 7.18. The number of allylic oxidation sites excluding steroid dienone is 14. The molecule has 0 amide bonds. The molecule has 13 heteroatoms. The van der Waals surface area contributed by atoms with Crippen molar-refractivity contribution >= 4 is 16.4 Å². The van der Waals surface area contributed by atoms with E-state index >= 15 is 0 Å². The molecule has 1 aliphatic heterocycles. The lowest BCUT2D eigenvalue weighted by molar-refractivity contribution is -0.301. The van der Waals surface area contributed by atoms with Gasteiger partial charge in [-0.2, -0.15) is 8.42 Å². The number of carbonyl (C=O) groups is 1. The fourth-order valence-electron chi connectivity index (χ4n) is 6.67. The highest BCUT2D eigenvalue weighted by molar-refractivity contribution is 7.80. The van der Waals surface area contributed by atoms with Crippen LogP contribution in [0.5, 0.6) is 0 Å². The number of ether oxygens (including phenoxy) is 4. The summed E-state index contributed by atoms with van der Waals surface area (Å²) in [6, 6.07) is 0. The maximum atomic E-state index is 12.8. The van der Waals surface area contributed by atoms with Crippen LogP contribution < -0.4 is 0 Å². The number of hydrogen-bond acceptors (Lipinski definition) is 11. The van der Waals surface area contributed by atoms with Gasteiger partial charge in [-0.1, -0.05) is 150 Å². The number of hydrogen-bond donors (Lipinski definition) is 4. The fraction of sp³-hybridized carbons (Fsp3) is 0.700. The van der Waals surface area contributed by atoms with Gasteiger partial charge in [-0.3, -0.25) is 9.35 Å². The van der Waals surface area contributed by atoms with E-state index in [1.54, 1.807) is 0 Å². The summed E-state index contributed by atoms with van der Waals surface area (Å²) >= 11 is 0. The summed E-state index contributed by atoms with van der Waals surface area (Å²) in [5, 5.41) is 30.7. The van der Waals surface area contributed by atoms with Crippen LogP contribution in [0, 0.1) is 0 Å². The topological polar surface area (TPSA) is 178 Å². The molecule has 1 heterocycles. The lowest BCUT2D eigenvalue weighted by Crippen LogP contribution is -2.60. The summed E-state index contributed by atoms with van der Waals surface area (Å²) in [6.45, 7) is 3.77. The summed E-state index contributed by atoms with van der Waals surface area (Å²) in [4.78, 5) is 12.8. The molecule has 1 aliphatic rings. The molecule has 0 bridgehead atoms. The molecular weight excluding hydrogens is 825 g/mol. The van der Waals surface area contributed by atoms with Gasteiger partial charge in [0.05, 0.1) is 19.8 Å². The zero-order chi connectivity index (χ0) is 46.1. The lowest BCUT2D eigenvalue weighted by Gasteiger charge is -2.41. The van der Waals surface area contributed by atoms with E-state index in [0.717, 1.165) is 116 Å². The van der Waals surface area contributed by atoms with Gasteiger partial charge in [-0.15, -0.1) is 0 Å². The second-order valence-electron chi connectivity index (χ2n) is 16.0. The third kappa shape index (κ3) is 34.3. The van der Waals surface area contributed by atoms with E-state index in [1.807, 2.05) is 0 Å². The summed E-state index contributed by atoms with van der Waals surface area (Å²) in [7, 11) is -5.07. The Morgan fingerprint density at radius 1 is 0.619 bits per heavy atom. The molecule has 362 valence electrons. The van der Waals surface area contributed by atoms with Gasteiger partial charge in [0.25, 0.3) is 0 Å². The monoisotopic (exact) mass is 909 g/mol. The van der Waals surface area contributed by atoms with Gasteiger partial charge in [0.2, 0.25) is 0 Å². The van der Waals surface area contributed by atoms with E-state index in [2.05, 4.69) is 103 Å². The van der Waals surface area contributed by atoms with E-state index in [0.29, 0.717) is 13.0 Å². The molecule has 6 atom stereocenters. The number of aliphatic hydroxyl groups excluding tert-OH is 3. The molecule has 4 N–H and O–H groups in total. The van der Waals surface area contributed by atoms with Crippen LogP contribution in [-0.4, -0.2) is 97.5 Å². The third-order valence-corrected chi connectivity index (χ3v) is 10.7. The van der Waals surface area contributed by atoms with Crippen LogP contribution in [0.2, 0.25) is 0 Å². The van der Waals surface area contributed by atoms with E-state index in [-0.39, 0.29) is 19.6 Å². The predicted molar refractivity (Wildman–Crippen MR) is 252 cm³/mol. The molecule has 0 radical (unpaired) electrons. The van der Waals surface area contributed by atoms with Crippen molar-refractivity contribution in [3.05, 3.63) is 85.1 Å². The zero-order valence-corrected chi connectivity index (χ0v) is 39.4. The van der Waals surface area contributed by atoms with Crippen molar-refractivity contribution in [3.8, 4) is 0 Å². The average molecular weight is 909 g/mol. The summed E-state index contributed by atoms with van der Waals surface area (Å²) in [5.74, 6) is -0.421. The quantitative estimate of drug-likeness (QED) is 0.0198. The molecule has 0 spiro atoms. The maximum Gasteiger partial charge on any atom is 0.397 e. The summed E-state index contributed by atoms with van der Waals surface area (Å²) in [5.41, 5.74) is 0. The Bertz CT molecular complexity index is 1420. The van der Waals surface area contributed by atoms with Crippen LogP contribution in [0.25, 0.3) is 0 Å². The van der Waals surface area contributed by atoms with E-state index < -0.39 is 59.8 Å². The molecule has 1 rings (SSSR count). The molecule has 63 heavy (non-hydrogen) atoms. The minimum Gasteiger partial charge on any atom is -0.457 e. The van der Waals surface area contributed by atoms with Crippen molar-refractivity contribution in [2.75, 3.05) is 26.4 Å². The number of aliphatic hydroxyl groups is 3. The summed E-state index contributed by atoms with van der Waals surface area (Å²) in [6.07, 6.45) is 44.8. The average Bonchev–Trinajstić information content (AvgIpc) is 3.26. The van der Waals surface area contributed by atoms with Crippen molar-refractivity contribution < 1.29 is 56.2 Å². The smallest absolute Gasteiger partial charge is 0.397 e.